The second-order valence-electron chi connectivity index (χ2n) is 15.2. The van der Waals surface area contributed by atoms with Crippen LogP contribution in [0.5, 0.6) is 0 Å². The van der Waals surface area contributed by atoms with Crippen molar-refractivity contribution in [2.75, 3.05) is 13.1 Å². The van der Waals surface area contributed by atoms with Crippen molar-refractivity contribution < 1.29 is 39.3 Å². The van der Waals surface area contributed by atoms with Gasteiger partial charge in [-0.3, -0.25) is 29.0 Å². The maximum absolute atomic E-state index is 14.6. The van der Waals surface area contributed by atoms with Crippen molar-refractivity contribution in [2.45, 2.75) is 107 Å². The maximum atomic E-state index is 14.6. The SMILES string of the molecule is NC1CCN(C(=O)CC(Cc2ccccc2)C(=O)N[C@@H](Cc2cnc[nH]2)C(=O)C2CCCCC2NC(=O)[C@@H](CC(=O)O)[C@@H](O)[C@@H](O)CCc2ccccn2)CC1. The third-order valence-corrected chi connectivity index (χ3v) is 11.1. The van der Waals surface area contributed by atoms with Gasteiger partial charge in [-0.15, -0.1) is 0 Å². The third kappa shape index (κ3) is 12.3. The highest BCUT2D eigenvalue weighted by atomic mass is 16.4. The van der Waals surface area contributed by atoms with E-state index in [1.54, 1.807) is 35.5 Å². The summed E-state index contributed by atoms with van der Waals surface area (Å²) < 4.78 is 0. The zero-order valence-electron chi connectivity index (χ0n) is 31.7. The number of pyridine rings is 1. The fourth-order valence-corrected chi connectivity index (χ4v) is 7.80. The number of nitrogens with one attached hydrogen (secondary N) is 3. The normalized spacial score (nSPS) is 20.2. The number of nitrogens with zero attached hydrogens (tertiary/aromatic N) is 3. The summed E-state index contributed by atoms with van der Waals surface area (Å²) >= 11 is 0. The van der Waals surface area contributed by atoms with Crippen LogP contribution in [0, 0.1) is 17.8 Å². The number of piperidine rings is 1. The molecule has 2 aliphatic rings. The first-order valence-corrected chi connectivity index (χ1v) is 19.6. The molecule has 0 bridgehead atoms. The van der Waals surface area contributed by atoms with Crippen molar-refractivity contribution >= 4 is 29.5 Å². The van der Waals surface area contributed by atoms with Crippen LogP contribution in [0.4, 0.5) is 0 Å². The van der Waals surface area contributed by atoms with E-state index in [1.165, 1.54) is 6.33 Å². The van der Waals surface area contributed by atoms with Gasteiger partial charge in [0, 0.05) is 67.7 Å². The number of likely N-dealkylation sites (tertiary alicyclic amines) is 1. The highest BCUT2D eigenvalue weighted by Crippen LogP contribution is 2.29. The number of aliphatic carboxylic acids is 1. The standard InChI is InChI=1S/C41H55N7O8/c42-28-15-18-48(19-16-28)36(50)21-27(20-26-8-2-1-3-9-26)40(55)47-34(22-30-24-43-25-45-30)38(53)31-11-4-5-12-33(31)46-41(56)32(23-37(51)52)39(54)35(49)14-13-29-10-6-7-17-44-29/h1-3,6-10,17,24-25,27-28,31-35,39,49,54H,4-5,11-16,18-23,42H2,(H,43,45)(H,46,56)(H,47,55)(H,51,52)/t27?,31?,32-,33?,34-,35-,39+/m0/s1. The van der Waals surface area contributed by atoms with Gasteiger partial charge in [-0.1, -0.05) is 49.2 Å². The van der Waals surface area contributed by atoms with Crippen LogP contribution in [-0.4, -0.2) is 108 Å². The van der Waals surface area contributed by atoms with Gasteiger partial charge < -0.3 is 41.6 Å². The van der Waals surface area contributed by atoms with Crippen molar-refractivity contribution in [3.8, 4) is 0 Å². The minimum atomic E-state index is -1.69. The quantitative estimate of drug-likeness (QED) is 0.0926. The van der Waals surface area contributed by atoms with Crippen molar-refractivity contribution in [3.05, 3.63) is 84.2 Å². The number of Topliss-reactive ketones (excluding diaryl/α,β-unsaturated/α-hetero) is 1. The molecule has 0 spiro atoms. The summed E-state index contributed by atoms with van der Waals surface area (Å²) in [6.45, 7) is 1.04. The zero-order valence-corrected chi connectivity index (χ0v) is 31.7. The summed E-state index contributed by atoms with van der Waals surface area (Å²) in [5.41, 5.74) is 8.20. The van der Waals surface area contributed by atoms with Crippen molar-refractivity contribution in [2.24, 2.45) is 23.5 Å². The number of imidazole rings is 1. The van der Waals surface area contributed by atoms with Gasteiger partial charge in [-0.25, -0.2) is 4.98 Å². The molecule has 7 atom stereocenters. The Hall–Kier alpha value is -4.99. The minimum absolute atomic E-state index is 0.0347. The largest absolute Gasteiger partial charge is 0.481 e. The molecule has 3 unspecified atom stereocenters. The predicted molar refractivity (Wildman–Crippen MR) is 205 cm³/mol. The lowest BCUT2D eigenvalue weighted by Crippen LogP contribution is -2.55. The molecule has 3 amide bonds. The summed E-state index contributed by atoms with van der Waals surface area (Å²) in [6.07, 6.45) is 5.03. The molecule has 56 heavy (non-hydrogen) atoms. The first-order chi connectivity index (χ1) is 27.0. The number of aromatic nitrogens is 3. The number of carboxylic acid groups (broad SMARTS) is 1. The van der Waals surface area contributed by atoms with Crippen molar-refractivity contribution in [1.82, 2.24) is 30.5 Å². The number of H-pyrrole nitrogens is 1. The van der Waals surface area contributed by atoms with Crippen molar-refractivity contribution in [1.29, 1.82) is 0 Å². The lowest BCUT2D eigenvalue weighted by atomic mass is 9.78. The molecule has 0 radical (unpaired) electrons. The van der Waals surface area contributed by atoms with Gasteiger partial charge in [0.05, 0.1) is 42.8 Å². The molecule has 15 heteroatoms. The number of carboxylic acids is 1. The Bertz CT molecular complexity index is 1720. The average molecular weight is 774 g/mol. The molecular formula is C41H55N7O8. The minimum Gasteiger partial charge on any atom is -0.481 e. The van der Waals surface area contributed by atoms with Gasteiger partial charge in [0.1, 0.15) is 0 Å². The number of rotatable bonds is 19. The predicted octanol–water partition coefficient (Wildman–Crippen LogP) is 1.72. The summed E-state index contributed by atoms with van der Waals surface area (Å²) in [7, 11) is 0. The number of amides is 3. The molecule has 302 valence electrons. The number of aryl methyl sites for hydroxylation is 1. The lowest BCUT2D eigenvalue weighted by molar-refractivity contribution is -0.147. The number of aliphatic hydroxyl groups excluding tert-OH is 2. The van der Waals surface area contributed by atoms with Crippen LogP contribution >= 0.6 is 0 Å². The molecule has 1 aliphatic heterocycles. The van der Waals surface area contributed by atoms with E-state index in [4.69, 9.17) is 5.73 Å². The Balaban J connectivity index is 1.32. The molecular weight excluding hydrogens is 718 g/mol. The number of carbonyl (C=O) groups excluding carboxylic acids is 4. The fourth-order valence-electron chi connectivity index (χ4n) is 7.80. The lowest BCUT2D eigenvalue weighted by Gasteiger charge is -2.35. The molecule has 1 aliphatic carbocycles. The van der Waals surface area contributed by atoms with E-state index in [2.05, 4.69) is 25.6 Å². The molecule has 3 heterocycles. The second-order valence-corrected chi connectivity index (χ2v) is 15.2. The van der Waals surface area contributed by atoms with E-state index in [1.807, 2.05) is 30.3 Å². The highest BCUT2D eigenvalue weighted by Gasteiger charge is 2.41. The molecule has 5 rings (SSSR count). The molecule has 1 saturated heterocycles. The smallest absolute Gasteiger partial charge is 0.304 e. The van der Waals surface area contributed by atoms with Crippen LogP contribution in [0.25, 0.3) is 0 Å². The van der Waals surface area contributed by atoms with Crippen LogP contribution in [0.15, 0.2) is 67.3 Å². The summed E-state index contributed by atoms with van der Waals surface area (Å²) in [5.74, 6) is -6.04. The molecule has 1 aromatic carbocycles. The molecule has 8 N–H and O–H groups in total. The zero-order chi connectivity index (χ0) is 40.0. The second kappa shape index (κ2) is 20.8. The van der Waals surface area contributed by atoms with E-state index in [9.17, 15) is 39.3 Å². The monoisotopic (exact) mass is 773 g/mol. The summed E-state index contributed by atoms with van der Waals surface area (Å²) in [6, 6.07) is 13.0. The number of aromatic amines is 1. The Morgan fingerprint density at radius 3 is 2.32 bits per heavy atom. The Morgan fingerprint density at radius 1 is 0.911 bits per heavy atom. The first-order valence-electron chi connectivity index (χ1n) is 19.6. The fraction of sp³-hybridized carbons (Fsp3) is 0.537. The van der Waals surface area contributed by atoms with Crippen LogP contribution < -0.4 is 16.4 Å². The van der Waals surface area contributed by atoms with Gasteiger partial charge in [-0.2, -0.15) is 0 Å². The van der Waals surface area contributed by atoms with Crippen LogP contribution in [0.1, 0.15) is 74.7 Å². The van der Waals surface area contributed by atoms with E-state index in [-0.39, 0.29) is 43.4 Å². The van der Waals surface area contributed by atoms with E-state index in [0.717, 1.165) is 5.56 Å². The molecule has 1 saturated carbocycles. The van der Waals surface area contributed by atoms with Gasteiger partial charge in [0.2, 0.25) is 17.7 Å². The van der Waals surface area contributed by atoms with Crippen molar-refractivity contribution in [3.63, 3.8) is 0 Å². The van der Waals surface area contributed by atoms with Gasteiger partial charge in [0.15, 0.2) is 5.78 Å². The summed E-state index contributed by atoms with van der Waals surface area (Å²) in [5, 5.41) is 37.4. The van der Waals surface area contributed by atoms with Crippen LogP contribution in [0.2, 0.25) is 0 Å². The number of carbonyl (C=O) groups is 5. The van der Waals surface area contributed by atoms with E-state index in [0.29, 0.717) is 69.4 Å². The number of hydrogen-bond acceptors (Lipinski definition) is 10. The van der Waals surface area contributed by atoms with Crippen LogP contribution in [0.3, 0.4) is 0 Å². The average Bonchev–Trinajstić information content (AvgIpc) is 3.72. The maximum Gasteiger partial charge on any atom is 0.304 e. The van der Waals surface area contributed by atoms with Gasteiger partial charge in [-0.05, 0) is 62.6 Å². The van der Waals surface area contributed by atoms with Gasteiger partial charge >= 0.3 is 5.97 Å². The number of nitrogens with two attached hydrogens (primary N) is 1. The Morgan fingerprint density at radius 2 is 1.64 bits per heavy atom. The molecule has 2 fully saturated rings. The first kappa shape index (κ1) is 42.2. The molecule has 3 aromatic rings. The summed E-state index contributed by atoms with van der Waals surface area (Å²) in [4.78, 5) is 80.9. The third-order valence-electron chi connectivity index (χ3n) is 11.1. The highest BCUT2D eigenvalue weighted by molar-refractivity contribution is 5.94. The van der Waals surface area contributed by atoms with E-state index < -0.39 is 66.2 Å². The number of hydrogen-bond donors (Lipinski definition) is 7. The molecule has 15 nitrogen and oxygen atoms in total. The number of aliphatic hydroxyl groups is 2. The van der Waals surface area contributed by atoms with Crippen LogP contribution in [-0.2, 0) is 43.2 Å². The van der Waals surface area contributed by atoms with E-state index >= 15 is 0 Å². The Kier molecular flexibility index (Phi) is 15.7. The molecule has 2 aromatic heterocycles. The van der Waals surface area contributed by atoms with Gasteiger partial charge in [0.25, 0.3) is 0 Å². The topological polar surface area (TPSA) is 241 Å². The Labute approximate surface area is 326 Å². The number of ketones is 1. The number of benzene rings is 1.